The highest BCUT2D eigenvalue weighted by Gasteiger charge is 2.26. The average Bonchev–Trinajstić information content (AvgIpc) is 2.72. The van der Waals surface area contributed by atoms with Crippen molar-refractivity contribution in [2.75, 3.05) is 13.1 Å². The van der Waals surface area contributed by atoms with E-state index < -0.39 is 0 Å². The number of carbonyl (C=O) groups excluding carboxylic acids is 1. The van der Waals surface area contributed by atoms with Gasteiger partial charge >= 0.3 is 6.03 Å². The highest BCUT2D eigenvalue weighted by molar-refractivity contribution is 6.41. The zero-order chi connectivity index (χ0) is 15.6. The largest absolute Gasteiger partial charge is 0.393 e. The van der Waals surface area contributed by atoms with Crippen LogP contribution in [0.15, 0.2) is 6.07 Å². The Bertz CT molecular complexity index is 517. The lowest BCUT2D eigenvalue weighted by Gasteiger charge is -2.34. The van der Waals surface area contributed by atoms with Crippen molar-refractivity contribution in [2.45, 2.75) is 32.4 Å². The first kappa shape index (κ1) is 16.5. The lowest BCUT2D eigenvalue weighted by Crippen LogP contribution is -2.47. The van der Waals surface area contributed by atoms with E-state index in [9.17, 15) is 9.90 Å². The Labute approximate surface area is 134 Å². The van der Waals surface area contributed by atoms with E-state index in [2.05, 4.69) is 5.32 Å². The molecule has 0 bridgehead atoms. The molecule has 0 aliphatic carbocycles. The molecule has 2 atom stereocenters. The molecule has 0 spiro atoms. The summed E-state index contributed by atoms with van der Waals surface area (Å²) in [5, 5.41) is 13.5. The van der Waals surface area contributed by atoms with Crippen LogP contribution in [0, 0.1) is 5.92 Å². The summed E-state index contributed by atoms with van der Waals surface area (Å²) in [6, 6.07) is 1.63. The third kappa shape index (κ3) is 3.84. The molecule has 7 heteroatoms. The molecule has 1 aliphatic heterocycles. The summed E-state index contributed by atoms with van der Waals surface area (Å²) < 4.78 is 1.75. The van der Waals surface area contributed by atoms with Crippen LogP contribution in [0.5, 0.6) is 0 Å². The highest BCUT2D eigenvalue weighted by Crippen LogP contribution is 2.25. The number of likely N-dealkylation sites (tertiary alicyclic amines) is 1. The number of aliphatic hydroxyl groups is 1. The first-order chi connectivity index (χ1) is 9.90. The molecule has 2 unspecified atom stereocenters. The Morgan fingerprint density at radius 1 is 1.57 bits per heavy atom. The second kappa shape index (κ2) is 6.90. The SMILES string of the molecule is CC(O)C1CCCN(C(=O)NCc2cc(Cl)c(Cl)n2C)C1. The number of nitrogens with zero attached hydrogens (tertiary/aromatic N) is 2. The number of aliphatic hydroxyl groups excluding tert-OH is 1. The zero-order valence-electron chi connectivity index (χ0n) is 12.3. The number of urea groups is 1. The van der Waals surface area contributed by atoms with Gasteiger partial charge in [-0.05, 0) is 25.8 Å². The molecule has 2 N–H and O–H groups in total. The van der Waals surface area contributed by atoms with Crippen LogP contribution in [0.3, 0.4) is 0 Å². The molecule has 1 fully saturated rings. The summed E-state index contributed by atoms with van der Waals surface area (Å²) >= 11 is 11.9. The number of piperidine rings is 1. The minimum atomic E-state index is -0.383. The van der Waals surface area contributed by atoms with Crippen molar-refractivity contribution in [3.63, 3.8) is 0 Å². The number of halogens is 2. The van der Waals surface area contributed by atoms with Gasteiger partial charge in [0, 0.05) is 31.7 Å². The van der Waals surface area contributed by atoms with Crippen molar-refractivity contribution in [3.8, 4) is 0 Å². The number of rotatable bonds is 3. The Kier molecular flexibility index (Phi) is 5.41. The molecule has 1 aromatic heterocycles. The fourth-order valence-electron chi connectivity index (χ4n) is 2.62. The van der Waals surface area contributed by atoms with Crippen molar-refractivity contribution in [1.82, 2.24) is 14.8 Å². The Balaban J connectivity index is 1.91. The summed E-state index contributed by atoms with van der Waals surface area (Å²) in [5.74, 6) is 0.156. The van der Waals surface area contributed by atoms with Gasteiger partial charge in [0.25, 0.3) is 0 Å². The third-order valence-corrected chi connectivity index (χ3v) is 4.91. The fourth-order valence-corrected chi connectivity index (χ4v) is 3.04. The van der Waals surface area contributed by atoms with Crippen LogP contribution in [0.2, 0.25) is 10.2 Å². The molecule has 0 saturated carbocycles. The lowest BCUT2D eigenvalue weighted by molar-refractivity contribution is 0.0738. The van der Waals surface area contributed by atoms with Crippen LogP contribution in [0.4, 0.5) is 4.79 Å². The van der Waals surface area contributed by atoms with Crippen LogP contribution in [-0.4, -0.2) is 39.8 Å². The molecular formula is C14H21Cl2N3O2. The monoisotopic (exact) mass is 333 g/mol. The standard InChI is InChI=1S/C14H21Cl2N3O2/c1-9(20)10-4-3-5-19(8-10)14(21)17-7-11-6-12(15)13(16)18(11)2/h6,9-10,20H,3-5,7-8H2,1-2H3,(H,17,21). The Morgan fingerprint density at radius 3 is 2.86 bits per heavy atom. The van der Waals surface area contributed by atoms with Gasteiger partial charge in [0.15, 0.2) is 0 Å². The second-order valence-corrected chi connectivity index (χ2v) is 6.35. The van der Waals surface area contributed by atoms with E-state index in [1.165, 1.54) is 0 Å². The van der Waals surface area contributed by atoms with Crippen LogP contribution >= 0.6 is 23.2 Å². The quantitative estimate of drug-likeness (QED) is 0.893. The van der Waals surface area contributed by atoms with Gasteiger partial charge in [0.2, 0.25) is 0 Å². The van der Waals surface area contributed by atoms with Crippen molar-refractivity contribution >= 4 is 29.2 Å². The summed E-state index contributed by atoms with van der Waals surface area (Å²) in [4.78, 5) is 14.0. The molecular weight excluding hydrogens is 313 g/mol. The van der Waals surface area contributed by atoms with Gasteiger partial charge in [-0.15, -0.1) is 0 Å². The van der Waals surface area contributed by atoms with E-state index in [0.717, 1.165) is 25.1 Å². The van der Waals surface area contributed by atoms with E-state index >= 15 is 0 Å². The number of aromatic nitrogens is 1. The van der Waals surface area contributed by atoms with Crippen LogP contribution in [0.25, 0.3) is 0 Å². The van der Waals surface area contributed by atoms with Gasteiger partial charge < -0.3 is 19.9 Å². The minimum Gasteiger partial charge on any atom is -0.393 e. The van der Waals surface area contributed by atoms with Gasteiger partial charge in [-0.1, -0.05) is 23.2 Å². The van der Waals surface area contributed by atoms with Gasteiger partial charge in [-0.25, -0.2) is 4.79 Å². The average molecular weight is 334 g/mol. The minimum absolute atomic E-state index is 0.117. The van der Waals surface area contributed by atoms with Crippen molar-refractivity contribution in [2.24, 2.45) is 13.0 Å². The maximum atomic E-state index is 12.2. The second-order valence-electron chi connectivity index (χ2n) is 5.58. The summed E-state index contributed by atoms with van der Waals surface area (Å²) in [5.41, 5.74) is 0.849. The molecule has 2 amide bonds. The summed E-state index contributed by atoms with van der Waals surface area (Å²) in [6.07, 6.45) is 1.50. The lowest BCUT2D eigenvalue weighted by atomic mass is 9.94. The molecule has 2 rings (SSSR count). The zero-order valence-corrected chi connectivity index (χ0v) is 13.8. The van der Waals surface area contributed by atoms with E-state index in [0.29, 0.717) is 23.3 Å². The first-order valence-corrected chi connectivity index (χ1v) is 7.86. The fraction of sp³-hybridized carbons (Fsp3) is 0.643. The maximum absolute atomic E-state index is 12.2. The first-order valence-electron chi connectivity index (χ1n) is 7.10. The van der Waals surface area contributed by atoms with Crippen LogP contribution in [-0.2, 0) is 13.6 Å². The topological polar surface area (TPSA) is 57.5 Å². The van der Waals surface area contributed by atoms with Crippen LogP contribution in [0.1, 0.15) is 25.5 Å². The smallest absolute Gasteiger partial charge is 0.317 e. The third-order valence-electron chi connectivity index (χ3n) is 4.06. The highest BCUT2D eigenvalue weighted by atomic mass is 35.5. The molecule has 0 aromatic carbocycles. The molecule has 21 heavy (non-hydrogen) atoms. The molecule has 1 saturated heterocycles. The molecule has 118 valence electrons. The molecule has 5 nitrogen and oxygen atoms in total. The molecule has 2 heterocycles. The predicted molar refractivity (Wildman–Crippen MR) is 83.6 cm³/mol. The molecule has 0 radical (unpaired) electrons. The van der Waals surface area contributed by atoms with Gasteiger partial charge in [0.1, 0.15) is 5.15 Å². The molecule has 1 aromatic rings. The van der Waals surface area contributed by atoms with E-state index in [1.807, 2.05) is 0 Å². The van der Waals surface area contributed by atoms with Gasteiger partial charge in [-0.3, -0.25) is 0 Å². The Hall–Kier alpha value is -0.910. The molecule has 1 aliphatic rings. The van der Waals surface area contributed by atoms with E-state index in [1.54, 1.807) is 29.5 Å². The van der Waals surface area contributed by atoms with Gasteiger partial charge in [-0.2, -0.15) is 0 Å². The van der Waals surface area contributed by atoms with Crippen molar-refractivity contribution in [3.05, 3.63) is 21.9 Å². The Morgan fingerprint density at radius 2 is 2.29 bits per heavy atom. The number of hydrogen-bond acceptors (Lipinski definition) is 2. The predicted octanol–water partition coefficient (Wildman–Crippen LogP) is 2.63. The normalized spacial score (nSPS) is 20.4. The van der Waals surface area contributed by atoms with Gasteiger partial charge in [0.05, 0.1) is 17.7 Å². The number of carbonyl (C=O) groups is 1. The summed E-state index contributed by atoms with van der Waals surface area (Å²) in [7, 11) is 1.81. The number of nitrogens with one attached hydrogen (secondary N) is 1. The van der Waals surface area contributed by atoms with E-state index in [4.69, 9.17) is 23.2 Å². The summed E-state index contributed by atoms with van der Waals surface area (Å²) in [6.45, 7) is 3.47. The van der Waals surface area contributed by atoms with Crippen LogP contribution < -0.4 is 5.32 Å². The number of hydrogen-bond donors (Lipinski definition) is 2. The van der Waals surface area contributed by atoms with E-state index in [-0.39, 0.29) is 18.1 Å². The maximum Gasteiger partial charge on any atom is 0.317 e. The van der Waals surface area contributed by atoms with Crippen molar-refractivity contribution < 1.29 is 9.90 Å². The van der Waals surface area contributed by atoms with Crippen molar-refractivity contribution in [1.29, 1.82) is 0 Å². The number of amides is 2.